The van der Waals surface area contributed by atoms with E-state index in [0.29, 0.717) is 5.92 Å². The van der Waals surface area contributed by atoms with Crippen molar-refractivity contribution in [3.8, 4) is 9.88 Å². The van der Waals surface area contributed by atoms with Crippen molar-refractivity contribution >= 4 is 28.5 Å². The number of thiazole rings is 1. The van der Waals surface area contributed by atoms with Gasteiger partial charge in [-0.05, 0) is 30.8 Å². The van der Waals surface area contributed by atoms with Crippen LogP contribution in [-0.2, 0) is 6.54 Å². The molecule has 5 nitrogen and oxygen atoms in total. The first-order chi connectivity index (χ1) is 12.3. The lowest BCUT2D eigenvalue weighted by Crippen LogP contribution is -2.29. The number of aromatic nitrogens is 3. The Balaban J connectivity index is 1.46. The van der Waals surface area contributed by atoms with E-state index in [-0.39, 0.29) is 0 Å². The average molecular weight is 372 g/mol. The molecule has 0 amide bonds. The first-order valence-corrected chi connectivity index (χ1v) is 10.3. The fourth-order valence-electron chi connectivity index (χ4n) is 3.11. The first-order valence-electron chi connectivity index (χ1n) is 8.51. The third-order valence-corrected chi connectivity index (χ3v) is 6.39. The normalized spacial score (nSPS) is 17.6. The molecule has 0 aromatic carbocycles. The molecule has 4 heterocycles. The Morgan fingerprint density at radius 3 is 3.08 bits per heavy atom. The Morgan fingerprint density at radius 1 is 1.32 bits per heavy atom. The van der Waals surface area contributed by atoms with Gasteiger partial charge in [-0.1, -0.05) is 6.07 Å². The van der Waals surface area contributed by atoms with Crippen LogP contribution in [0.15, 0.2) is 35.3 Å². The summed E-state index contributed by atoms with van der Waals surface area (Å²) in [6.45, 7) is 2.88. The number of piperidine rings is 1. The predicted molar refractivity (Wildman–Crippen MR) is 104 cm³/mol. The molecule has 1 aliphatic heterocycles. The molecule has 130 valence electrons. The Morgan fingerprint density at radius 2 is 2.28 bits per heavy atom. The third kappa shape index (κ3) is 3.89. The number of hydrogen-bond donors (Lipinski definition) is 1. The predicted octanol–water partition coefficient (Wildman–Crippen LogP) is 3.77. The van der Waals surface area contributed by atoms with Gasteiger partial charge in [0.05, 0.1) is 22.8 Å². The van der Waals surface area contributed by atoms with Crippen molar-refractivity contribution in [2.24, 2.45) is 0 Å². The fraction of sp³-hybridized carbons (Fsp3) is 0.389. The molecule has 0 spiro atoms. The summed E-state index contributed by atoms with van der Waals surface area (Å²) in [5, 5.41) is 8.77. The average Bonchev–Trinajstić information content (AvgIpc) is 3.34. The van der Waals surface area contributed by atoms with Gasteiger partial charge >= 0.3 is 0 Å². The van der Waals surface area contributed by atoms with Gasteiger partial charge in [-0.15, -0.1) is 22.7 Å². The molecule has 0 saturated carbocycles. The molecule has 0 radical (unpaired) electrons. The lowest BCUT2D eigenvalue weighted by Gasteiger charge is -2.23. The number of hydrogen-bond acceptors (Lipinski definition) is 7. The second-order valence-electron chi connectivity index (χ2n) is 6.32. The van der Waals surface area contributed by atoms with Crippen LogP contribution in [0.2, 0.25) is 0 Å². The highest BCUT2D eigenvalue weighted by Gasteiger charge is 2.18. The standard InChI is InChI=1S/C18H21N5S2/c1-23(10-14-11-25-18(22-14)16-5-3-7-24-16)17-8-15(20-12-21-17)13-4-2-6-19-9-13/h3,5,7-8,11-13,19H,2,4,6,9-10H2,1H3/t13-/m0/s1. The van der Waals surface area contributed by atoms with Crippen molar-refractivity contribution < 1.29 is 0 Å². The maximum Gasteiger partial charge on any atom is 0.133 e. The largest absolute Gasteiger partial charge is 0.354 e. The van der Waals surface area contributed by atoms with Crippen molar-refractivity contribution in [1.29, 1.82) is 0 Å². The van der Waals surface area contributed by atoms with Crippen molar-refractivity contribution in [3.05, 3.63) is 46.7 Å². The molecule has 0 aliphatic carbocycles. The van der Waals surface area contributed by atoms with E-state index in [0.717, 1.165) is 41.8 Å². The molecule has 1 atom stereocenters. The molecule has 1 fully saturated rings. The van der Waals surface area contributed by atoms with Gasteiger partial charge in [0.15, 0.2) is 0 Å². The van der Waals surface area contributed by atoms with Crippen molar-refractivity contribution in [2.75, 3.05) is 25.0 Å². The summed E-state index contributed by atoms with van der Waals surface area (Å²) in [6.07, 6.45) is 4.10. The minimum atomic E-state index is 0.494. The monoisotopic (exact) mass is 371 g/mol. The van der Waals surface area contributed by atoms with Crippen LogP contribution in [0, 0.1) is 0 Å². The summed E-state index contributed by atoms with van der Waals surface area (Å²) in [4.78, 5) is 17.1. The maximum absolute atomic E-state index is 4.76. The molecule has 1 aliphatic rings. The molecule has 0 unspecified atom stereocenters. The first kappa shape index (κ1) is 16.6. The van der Waals surface area contributed by atoms with Gasteiger partial charge in [-0.3, -0.25) is 0 Å². The van der Waals surface area contributed by atoms with Crippen LogP contribution in [0.1, 0.15) is 30.1 Å². The zero-order valence-electron chi connectivity index (χ0n) is 14.2. The maximum atomic E-state index is 4.76. The summed E-state index contributed by atoms with van der Waals surface area (Å²) in [5.74, 6) is 1.45. The number of rotatable bonds is 5. The van der Waals surface area contributed by atoms with E-state index in [9.17, 15) is 0 Å². The Kier molecular flexibility index (Phi) is 5.05. The van der Waals surface area contributed by atoms with Gasteiger partial charge in [-0.25, -0.2) is 15.0 Å². The van der Waals surface area contributed by atoms with Crippen LogP contribution in [-0.4, -0.2) is 35.1 Å². The van der Waals surface area contributed by atoms with Crippen molar-refractivity contribution in [1.82, 2.24) is 20.3 Å². The summed E-state index contributed by atoms with van der Waals surface area (Å²) in [5.41, 5.74) is 2.22. The van der Waals surface area contributed by atoms with E-state index in [1.165, 1.54) is 17.7 Å². The molecule has 1 saturated heterocycles. The van der Waals surface area contributed by atoms with E-state index in [1.807, 2.05) is 0 Å². The summed E-state index contributed by atoms with van der Waals surface area (Å²) in [6, 6.07) is 6.31. The van der Waals surface area contributed by atoms with Crippen molar-refractivity contribution in [3.63, 3.8) is 0 Å². The van der Waals surface area contributed by atoms with Gasteiger partial charge in [-0.2, -0.15) is 0 Å². The molecular weight excluding hydrogens is 350 g/mol. The minimum absolute atomic E-state index is 0.494. The summed E-state index contributed by atoms with van der Waals surface area (Å²) >= 11 is 3.43. The van der Waals surface area contributed by atoms with E-state index in [1.54, 1.807) is 29.0 Å². The van der Waals surface area contributed by atoms with Gasteiger partial charge in [0.1, 0.15) is 17.2 Å². The van der Waals surface area contributed by atoms with Crippen LogP contribution in [0.4, 0.5) is 5.82 Å². The third-order valence-electron chi connectivity index (χ3n) is 4.46. The molecule has 1 N–H and O–H groups in total. The zero-order valence-corrected chi connectivity index (χ0v) is 15.8. The van der Waals surface area contributed by atoms with Gasteiger partial charge < -0.3 is 10.2 Å². The lowest BCUT2D eigenvalue weighted by molar-refractivity contribution is 0.454. The second kappa shape index (κ2) is 7.59. The zero-order chi connectivity index (χ0) is 17.1. The molecule has 4 rings (SSSR count). The van der Waals surface area contributed by atoms with Crippen LogP contribution < -0.4 is 10.2 Å². The molecule has 25 heavy (non-hydrogen) atoms. The summed E-state index contributed by atoms with van der Waals surface area (Å²) in [7, 11) is 2.06. The quantitative estimate of drug-likeness (QED) is 0.740. The van der Waals surface area contributed by atoms with E-state index < -0.39 is 0 Å². The SMILES string of the molecule is CN(Cc1csc(-c2cccs2)n1)c1cc([C@H]2CCCNC2)ncn1. The van der Waals surface area contributed by atoms with Crippen LogP contribution in [0.3, 0.4) is 0 Å². The lowest BCUT2D eigenvalue weighted by atomic mass is 9.96. The van der Waals surface area contributed by atoms with Gasteiger partial charge in [0.2, 0.25) is 0 Å². The summed E-state index contributed by atoms with van der Waals surface area (Å²) < 4.78 is 0. The van der Waals surface area contributed by atoms with Crippen LogP contribution in [0.5, 0.6) is 0 Å². The number of nitrogens with one attached hydrogen (secondary N) is 1. The second-order valence-corrected chi connectivity index (χ2v) is 8.13. The van der Waals surface area contributed by atoms with E-state index in [2.05, 4.69) is 56.2 Å². The number of nitrogens with zero attached hydrogens (tertiary/aromatic N) is 4. The highest BCUT2D eigenvalue weighted by Crippen LogP contribution is 2.29. The number of anilines is 1. The molecule has 3 aromatic rings. The Bertz CT molecular complexity index is 809. The van der Waals surface area contributed by atoms with E-state index in [4.69, 9.17) is 4.98 Å². The van der Waals surface area contributed by atoms with Gasteiger partial charge in [0.25, 0.3) is 0 Å². The number of thiophene rings is 1. The van der Waals surface area contributed by atoms with Gasteiger partial charge in [0, 0.05) is 31.0 Å². The van der Waals surface area contributed by atoms with E-state index >= 15 is 0 Å². The highest BCUT2D eigenvalue weighted by atomic mass is 32.1. The Hall–Kier alpha value is -1.83. The smallest absolute Gasteiger partial charge is 0.133 e. The van der Waals surface area contributed by atoms with Crippen molar-refractivity contribution in [2.45, 2.75) is 25.3 Å². The Labute approximate surface area is 155 Å². The fourth-order valence-corrected chi connectivity index (χ4v) is 4.74. The van der Waals surface area contributed by atoms with Crippen LogP contribution in [0.25, 0.3) is 9.88 Å². The highest BCUT2D eigenvalue weighted by molar-refractivity contribution is 7.20. The molecule has 3 aromatic heterocycles. The molecular formula is C18H21N5S2. The minimum Gasteiger partial charge on any atom is -0.354 e. The van der Waals surface area contributed by atoms with Crippen LogP contribution >= 0.6 is 22.7 Å². The topological polar surface area (TPSA) is 53.9 Å². The molecule has 0 bridgehead atoms. The molecule has 7 heteroatoms.